The first kappa shape index (κ1) is 59.9. The van der Waals surface area contributed by atoms with E-state index in [4.69, 9.17) is 4.74 Å². The number of carbonyl (C=O) groups is 3. The van der Waals surface area contributed by atoms with Crippen molar-refractivity contribution < 1.29 is 45.1 Å². The number of anilines is 1. The number of hydrogen-bond donors (Lipinski definition) is 3. The molecule has 1 atom stereocenters. The fourth-order valence-electron chi connectivity index (χ4n) is 10.8. The highest BCUT2D eigenvalue weighted by Gasteiger charge is 2.34. The summed E-state index contributed by atoms with van der Waals surface area (Å²) in [5.41, 5.74) is 5.04. The van der Waals surface area contributed by atoms with Crippen LogP contribution in [0.5, 0.6) is 11.5 Å². The van der Waals surface area contributed by atoms with E-state index in [-0.39, 0.29) is 59.9 Å². The fraction of sp³-hybridized carbons (Fsp3) is 0.365. The first-order valence-electron chi connectivity index (χ1n) is 28.2. The van der Waals surface area contributed by atoms with Gasteiger partial charge in [0.05, 0.1) is 11.3 Å². The number of benzene rings is 5. The minimum Gasteiger partial charge on any atom is -0.456 e. The van der Waals surface area contributed by atoms with Gasteiger partial charge in [-0.3, -0.25) is 23.8 Å². The number of unbranched alkanes of at least 4 members (excludes halogenated alkanes) is 1. The number of hydrogen-bond acceptors (Lipinski definition) is 10. The van der Waals surface area contributed by atoms with Crippen LogP contribution in [0.2, 0.25) is 0 Å². The lowest BCUT2D eigenvalue weighted by Gasteiger charge is -2.36. The number of aromatic nitrogens is 1. The van der Waals surface area contributed by atoms with Crippen LogP contribution < -0.4 is 34.7 Å². The molecule has 0 bridgehead atoms. The number of nitrogens with zero attached hydrogens (tertiary/aromatic N) is 5. The Morgan fingerprint density at radius 2 is 1.44 bits per heavy atom. The van der Waals surface area contributed by atoms with E-state index in [0.717, 1.165) is 55.6 Å². The Morgan fingerprint density at radius 1 is 0.753 bits per heavy atom. The second-order valence-corrected chi connectivity index (χ2v) is 23.9. The van der Waals surface area contributed by atoms with Crippen LogP contribution in [-0.2, 0) is 54.0 Å². The van der Waals surface area contributed by atoms with Crippen molar-refractivity contribution in [2.24, 2.45) is 5.92 Å². The van der Waals surface area contributed by atoms with E-state index in [1.54, 1.807) is 23.1 Å². The van der Waals surface area contributed by atoms with Gasteiger partial charge in [-0.15, -0.1) is 0 Å². The maximum absolute atomic E-state index is 14.5. The molecule has 2 aliphatic rings. The molecule has 0 spiro atoms. The molecule has 5 aromatic carbocycles. The van der Waals surface area contributed by atoms with Crippen molar-refractivity contribution >= 4 is 55.7 Å². The van der Waals surface area contributed by atoms with Gasteiger partial charge in [0, 0.05) is 116 Å². The van der Waals surface area contributed by atoms with Crippen molar-refractivity contribution in [3.63, 3.8) is 0 Å². The Kier molecular flexibility index (Phi) is 20.3. The van der Waals surface area contributed by atoms with Crippen molar-refractivity contribution in [3.8, 4) is 11.5 Å². The molecule has 3 N–H and O–H groups in total. The molecule has 8 rings (SSSR count). The van der Waals surface area contributed by atoms with Gasteiger partial charge in [-0.1, -0.05) is 92.4 Å². The van der Waals surface area contributed by atoms with Gasteiger partial charge in [-0.05, 0) is 107 Å². The summed E-state index contributed by atoms with van der Waals surface area (Å²) in [5.74, 6) is 0.108. The molecule has 0 saturated carbocycles. The minimum absolute atomic E-state index is 0.0224. The fourth-order valence-corrected chi connectivity index (χ4v) is 12.7. The zero-order chi connectivity index (χ0) is 57.7. The SMILES string of the molecule is C=c1ccc2c(c1)Oc1cc(N(CC)CC)ccc1C=2c1ccc(S(=O)(=O)NCCCCC(NC(=O)Cc2ccc[n+](Cc3ccccc3)c2)C(=O)N2CCC(C(=O)N(CC)CCN(CC)Cc3ccccc3)CC2)cc1S(=O)(=O)O. The molecule has 81 heavy (non-hydrogen) atoms. The maximum Gasteiger partial charge on any atom is 0.295 e. The number of sulfonamides is 1. The minimum atomic E-state index is -5.00. The maximum atomic E-state index is 14.5. The third-order valence-electron chi connectivity index (χ3n) is 15.3. The van der Waals surface area contributed by atoms with Crippen molar-refractivity contribution in [3.05, 3.63) is 178 Å². The largest absolute Gasteiger partial charge is 0.456 e. The first-order chi connectivity index (χ1) is 39.0. The van der Waals surface area contributed by atoms with E-state index in [2.05, 4.69) is 45.5 Å². The van der Waals surface area contributed by atoms with Gasteiger partial charge in [0.15, 0.2) is 18.9 Å². The normalized spacial score (nSPS) is 14.0. The summed E-state index contributed by atoms with van der Waals surface area (Å²) < 4.78 is 76.1. The third kappa shape index (κ3) is 15.4. The summed E-state index contributed by atoms with van der Waals surface area (Å²) >= 11 is 0. The molecule has 16 nitrogen and oxygen atoms in total. The quantitative estimate of drug-likeness (QED) is 0.0299. The van der Waals surface area contributed by atoms with Gasteiger partial charge >= 0.3 is 0 Å². The Bertz CT molecular complexity index is 3520. The lowest BCUT2D eigenvalue weighted by atomic mass is 9.92. The number of rotatable bonds is 26. The topological polar surface area (TPSA) is 190 Å². The van der Waals surface area contributed by atoms with Crippen LogP contribution in [0.25, 0.3) is 12.2 Å². The summed E-state index contributed by atoms with van der Waals surface area (Å²) in [6.07, 6.45) is 5.64. The Hall–Kier alpha value is -7.22. The molecule has 1 aromatic heterocycles. The number of amides is 3. The van der Waals surface area contributed by atoms with Crippen LogP contribution in [0.15, 0.2) is 150 Å². The summed E-state index contributed by atoms with van der Waals surface area (Å²) in [6, 6.07) is 37.6. The number of likely N-dealkylation sites (tertiary alicyclic amines) is 1. The highest BCUT2D eigenvalue weighted by Crippen LogP contribution is 2.40. The molecule has 18 heteroatoms. The lowest BCUT2D eigenvalue weighted by molar-refractivity contribution is -0.688. The van der Waals surface area contributed by atoms with Gasteiger partial charge in [-0.2, -0.15) is 8.42 Å². The van der Waals surface area contributed by atoms with Crippen LogP contribution in [0.4, 0.5) is 5.69 Å². The van der Waals surface area contributed by atoms with Crippen LogP contribution in [0.1, 0.15) is 87.6 Å². The smallest absolute Gasteiger partial charge is 0.295 e. The average molecular weight is 1140 g/mol. The Morgan fingerprint density at radius 3 is 2.12 bits per heavy atom. The first-order valence-corrected chi connectivity index (χ1v) is 31.1. The molecule has 6 aromatic rings. The number of likely N-dealkylation sites (N-methyl/N-ethyl adjacent to an activating group) is 2. The van der Waals surface area contributed by atoms with Crippen LogP contribution in [0.3, 0.4) is 0 Å². The predicted molar refractivity (Wildman–Crippen MR) is 315 cm³/mol. The summed E-state index contributed by atoms with van der Waals surface area (Å²) in [5, 5.41) is 4.20. The summed E-state index contributed by atoms with van der Waals surface area (Å²) in [6.45, 7) is 18.5. The van der Waals surface area contributed by atoms with E-state index in [0.29, 0.717) is 85.1 Å². The molecular formula is C63H76N7O9S2+. The third-order valence-corrected chi connectivity index (χ3v) is 17.6. The van der Waals surface area contributed by atoms with Gasteiger partial charge < -0.3 is 24.8 Å². The van der Waals surface area contributed by atoms with Crippen LogP contribution in [-0.4, -0.2) is 119 Å². The average Bonchev–Trinajstić information content (AvgIpc) is 3.49. The number of ether oxygens (including phenoxy) is 1. The second kappa shape index (κ2) is 27.5. The molecule has 3 heterocycles. The molecule has 2 aliphatic heterocycles. The molecule has 1 saturated heterocycles. The van der Waals surface area contributed by atoms with Crippen molar-refractivity contribution in [1.82, 2.24) is 24.7 Å². The van der Waals surface area contributed by atoms with E-state index in [1.807, 2.05) is 121 Å². The number of piperidine rings is 1. The van der Waals surface area contributed by atoms with Gasteiger partial charge in [-0.25, -0.2) is 17.7 Å². The van der Waals surface area contributed by atoms with Gasteiger partial charge in [0.1, 0.15) is 22.4 Å². The molecular weight excluding hydrogens is 1060 g/mol. The van der Waals surface area contributed by atoms with E-state index in [1.165, 1.54) is 17.7 Å². The lowest BCUT2D eigenvalue weighted by Crippen LogP contribution is -2.52. The Balaban J connectivity index is 0.942. The second-order valence-electron chi connectivity index (χ2n) is 20.7. The van der Waals surface area contributed by atoms with Crippen molar-refractivity contribution in [1.29, 1.82) is 0 Å². The van der Waals surface area contributed by atoms with Gasteiger partial charge in [0.2, 0.25) is 27.7 Å². The zero-order valence-electron chi connectivity index (χ0n) is 46.9. The van der Waals surface area contributed by atoms with Crippen LogP contribution >= 0.6 is 0 Å². The molecule has 0 aliphatic carbocycles. The number of nitrogens with one attached hydrogen (secondary N) is 2. The highest BCUT2D eigenvalue weighted by atomic mass is 32.2. The Labute approximate surface area is 477 Å². The highest BCUT2D eigenvalue weighted by molar-refractivity contribution is 7.89. The number of carbonyl (C=O) groups excluding carboxylic acids is 3. The van der Waals surface area contributed by atoms with E-state index < -0.39 is 31.1 Å². The van der Waals surface area contributed by atoms with Crippen LogP contribution in [0, 0.1) is 5.92 Å². The van der Waals surface area contributed by atoms with Crippen molar-refractivity contribution in [2.75, 3.05) is 63.8 Å². The number of fused-ring (bicyclic) bond motifs is 2. The van der Waals surface area contributed by atoms with E-state index >= 15 is 0 Å². The predicted octanol–water partition coefficient (Wildman–Crippen LogP) is 6.66. The molecule has 428 valence electrons. The monoisotopic (exact) mass is 1140 g/mol. The summed E-state index contributed by atoms with van der Waals surface area (Å²) in [4.78, 5) is 49.4. The molecule has 3 amide bonds. The standard InChI is InChI=1S/C63H75N7O9S2/c1-6-66(43-47-19-12-10-13-20-47)37-38-69(9-4)62(72)50-31-35-70(36-32-50)63(73)56(65-60(71)40-49-23-18-34-67(45-49)44-48-21-14-11-15-22-48)24-16-17-33-64-80(74,75)52-27-30-55(59(42-52)81(76,77)78)61-53-28-25-46(5)39-57(53)79-58-41-51(26-29-54(58)61)68(7-2)8-3/h10-15,18-23,25-30,34,39,41-42,45,50,56,64H,5-9,16-17,24,31-33,35-38,40,43-44H2,1-4H3,(H-,65,71,76,77,78)/p+1. The molecule has 1 unspecified atom stereocenters. The molecule has 0 radical (unpaired) electrons. The van der Waals surface area contributed by atoms with Crippen molar-refractivity contribution in [2.45, 2.75) is 95.1 Å². The summed E-state index contributed by atoms with van der Waals surface area (Å²) in [7, 11) is -9.35. The van der Waals surface area contributed by atoms with E-state index in [9.17, 15) is 35.8 Å². The zero-order valence-corrected chi connectivity index (χ0v) is 48.6. The molecule has 1 fully saturated rings. The van der Waals surface area contributed by atoms with Gasteiger partial charge in [0.25, 0.3) is 10.1 Å². The number of pyridine rings is 1.